The van der Waals surface area contributed by atoms with Crippen LogP contribution in [0.4, 0.5) is 5.69 Å². The summed E-state index contributed by atoms with van der Waals surface area (Å²) >= 11 is 0. The molecule has 3 rings (SSSR count). The minimum absolute atomic E-state index is 0.0464. The molecule has 3 aromatic carbocycles. The fourth-order valence-electron chi connectivity index (χ4n) is 3.06. The molecule has 0 aromatic heterocycles. The molecular formula is C23H24N2O4S. The van der Waals surface area contributed by atoms with Gasteiger partial charge in [-0.2, -0.15) is 0 Å². The molecule has 0 radical (unpaired) electrons. The fraction of sp³-hybridized carbons (Fsp3) is 0.174. The summed E-state index contributed by atoms with van der Waals surface area (Å²) in [5.41, 5.74) is 1.84. The third kappa shape index (κ3) is 6.09. The van der Waals surface area contributed by atoms with Crippen LogP contribution >= 0.6 is 0 Å². The lowest BCUT2D eigenvalue weighted by atomic mass is 10.1. The molecule has 7 heteroatoms. The molecule has 3 aromatic rings. The van der Waals surface area contributed by atoms with Gasteiger partial charge in [0.2, 0.25) is 15.9 Å². The maximum Gasteiger partial charge on any atom is 0.229 e. The van der Waals surface area contributed by atoms with Crippen molar-refractivity contribution in [2.24, 2.45) is 0 Å². The van der Waals surface area contributed by atoms with E-state index in [9.17, 15) is 13.2 Å². The first kappa shape index (κ1) is 21.4. The van der Waals surface area contributed by atoms with E-state index in [1.807, 2.05) is 61.5 Å². The number of hydrogen-bond donors (Lipinski definition) is 2. The van der Waals surface area contributed by atoms with Crippen LogP contribution in [0, 0.1) is 0 Å². The highest BCUT2D eigenvalue weighted by Crippen LogP contribution is 2.29. The smallest absolute Gasteiger partial charge is 0.229 e. The summed E-state index contributed by atoms with van der Waals surface area (Å²) in [5, 5.41) is 2.96. The van der Waals surface area contributed by atoms with E-state index >= 15 is 0 Å². The molecule has 0 aliphatic rings. The number of ether oxygens (including phenoxy) is 1. The molecule has 6 nitrogen and oxygen atoms in total. The zero-order chi connectivity index (χ0) is 21.6. The monoisotopic (exact) mass is 424 g/mol. The Morgan fingerprint density at radius 1 is 0.933 bits per heavy atom. The fourth-order valence-corrected chi connectivity index (χ4v) is 3.66. The van der Waals surface area contributed by atoms with Crippen LogP contribution in [0.2, 0.25) is 0 Å². The van der Waals surface area contributed by atoms with E-state index in [1.165, 1.54) is 0 Å². The third-order valence-electron chi connectivity index (χ3n) is 4.40. The maximum absolute atomic E-state index is 12.7. The predicted molar refractivity (Wildman–Crippen MR) is 118 cm³/mol. The average molecular weight is 425 g/mol. The lowest BCUT2D eigenvalue weighted by Crippen LogP contribution is -2.28. The van der Waals surface area contributed by atoms with Crippen LogP contribution in [0.5, 0.6) is 11.5 Å². The average Bonchev–Trinajstić information content (AvgIpc) is 2.69. The van der Waals surface area contributed by atoms with Crippen LogP contribution in [0.25, 0.3) is 0 Å². The lowest BCUT2D eigenvalue weighted by molar-refractivity contribution is -0.121. The molecule has 156 valence electrons. The zero-order valence-corrected chi connectivity index (χ0v) is 17.6. The Bertz CT molecular complexity index is 1110. The Labute approximate surface area is 177 Å². The third-order valence-corrected chi connectivity index (χ3v) is 4.99. The number of carbonyl (C=O) groups is 1. The van der Waals surface area contributed by atoms with E-state index in [1.54, 1.807) is 24.3 Å². The van der Waals surface area contributed by atoms with Gasteiger partial charge in [-0.1, -0.05) is 54.6 Å². The lowest BCUT2D eigenvalue weighted by Gasteiger charge is -2.19. The molecule has 0 aliphatic heterocycles. The maximum atomic E-state index is 12.7. The van der Waals surface area contributed by atoms with Crippen molar-refractivity contribution in [3.05, 3.63) is 90.0 Å². The van der Waals surface area contributed by atoms with Crippen LogP contribution < -0.4 is 14.8 Å². The number of hydrogen-bond acceptors (Lipinski definition) is 4. The molecule has 1 unspecified atom stereocenters. The minimum Gasteiger partial charge on any atom is -0.457 e. The summed E-state index contributed by atoms with van der Waals surface area (Å²) in [6.07, 6.45) is 1.13. The predicted octanol–water partition coefficient (Wildman–Crippen LogP) is 4.27. The summed E-state index contributed by atoms with van der Waals surface area (Å²) in [5.74, 6) is 1.15. The topological polar surface area (TPSA) is 84.5 Å². The molecular weight excluding hydrogens is 400 g/mol. The standard InChI is InChI=1S/C23H24N2O4S/c1-17(20-13-7-9-15-22(20)29-19-11-4-3-5-12-19)24-23(26)16-18-10-6-8-14-21(18)25-30(2,27)28/h3-15,17,25H,16H2,1-2H3,(H,24,26). The molecule has 0 fully saturated rings. The van der Waals surface area contributed by atoms with Gasteiger partial charge in [-0.25, -0.2) is 8.42 Å². The summed E-state index contributed by atoms with van der Waals surface area (Å²) in [6.45, 7) is 1.88. The second-order valence-corrected chi connectivity index (χ2v) is 8.70. The number of sulfonamides is 1. The van der Waals surface area contributed by atoms with Gasteiger partial charge in [0.1, 0.15) is 11.5 Å². The van der Waals surface area contributed by atoms with Crippen LogP contribution in [-0.2, 0) is 21.2 Å². The first-order valence-electron chi connectivity index (χ1n) is 9.49. The minimum atomic E-state index is -3.44. The molecule has 30 heavy (non-hydrogen) atoms. The van der Waals surface area contributed by atoms with E-state index in [4.69, 9.17) is 4.74 Å². The van der Waals surface area contributed by atoms with Crippen LogP contribution in [-0.4, -0.2) is 20.6 Å². The van der Waals surface area contributed by atoms with E-state index in [2.05, 4.69) is 10.0 Å². The first-order valence-corrected chi connectivity index (χ1v) is 11.4. The summed E-state index contributed by atoms with van der Waals surface area (Å²) in [6, 6.07) is 23.5. The van der Waals surface area contributed by atoms with Crippen LogP contribution in [0.15, 0.2) is 78.9 Å². The van der Waals surface area contributed by atoms with Crippen LogP contribution in [0.1, 0.15) is 24.1 Å². The van der Waals surface area contributed by atoms with Gasteiger partial charge in [-0.3, -0.25) is 9.52 Å². The van der Waals surface area contributed by atoms with Crippen molar-refractivity contribution >= 4 is 21.6 Å². The van der Waals surface area contributed by atoms with Crippen molar-refractivity contribution in [2.75, 3.05) is 11.0 Å². The highest BCUT2D eigenvalue weighted by atomic mass is 32.2. The number of nitrogens with one attached hydrogen (secondary N) is 2. The summed E-state index contributed by atoms with van der Waals surface area (Å²) in [4.78, 5) is 12.7. The Morgan fingerprint density at radius 2 is 1.57 bits per heavy atom. The van der Waals surface area contributed by atoms with Crippen molar-refractivity contribution in [2.45, 2.75) is 19.4 Å². The largest absolute Gasteiger partial charge is 0.457 e. The highest BCUT2D eigenvalue weighted by molar-refractivity contribution is 7.92. The first-order chi connectivity index (χ1) is 14.3. The van der Waals surface area contributed by atoms with Crippen molar-refractivity contribution in [1.82, 2.24) is 5.32 Å². The van der Waals surface area contributed by atoms with Crippen molar-refractivity contribution < 1.29 is 17.9 Å². The normalized spacial score (nSPS) is 12.1. The van der Waals surface area contributed by atoms with Gasteiger partial charge < -0.3 is 10.1 Å². The van der Waals surface area contributed by atoms with Gasteiger partial charge in [0.25, 0.3) is 0 Å². The van der Waals surface area contributed by atoms with Gasteiger partial charge in [0.15, 0.2) is 0 Å². The molecule has 0 heterocycles. The SMILES string of the molecule is CC(NC(=O)Cc1ccccc1NS(C)(=O)=O)c1ccccc1Oc1ccccc1. The van der Waals surface area contributed by atoms with Crippen molar-refractivity contribution in [1.29, 1.82) is 0 Å². The molecule has 0 spiro atoms. The molecule has 0 aliphatic carbocycles. The molecule has 1 atom stereocenters. The zero-order valence-electron chi connectivity index (χ0n) is 16.8. The Balaban J connectivity index is 1.72. The molecule has 1 amide bonds. The van der Waals surface area contributed by atoms with E-state index in [0.29, 0.717) is 22.7 Å². The summed E-state index contributed by atoms with van der Waals surface area (Å²) < 4.78 is 31.6. The Hall–Kier alpha value is -3.32. The van der Waals surface area contributed by atoms with Gasteiger partial charge in [0.05, 0.1) is 24.4 Å². The van der Waals surface area contributed by atoms with Crippen molar-refractivity contribution in [3.63, 3.8) is 0 Å². The summed E-state index contributed by atoms with van der Waals surface area (Å²) in [7, 11) is -3.44. The second kappa shape index (κ2) is 9.45. The number of benzene rings is 3. The van der Waals surface area contributed by atoms with E-state index < -0.39 is 10.0 Å². The highest BCUT2D eigenvalue weighted by Gasteiger charge is 2.16. The Kier molecular flexibility index (Phi) is 6.74. The Morgan fingerprint density at radius 3 is 2.30 bits per heavy atom. The van der Waals surface area contributed by atoms with Crippen molar-refractivity contribution in [3.8, 4) is 11.5 Å². The van der Waals surface area contributed by atoms with E-state index in [0.717, 1.165) is 11.8 Å². The van der Waals surface area contributed by atoms with Crippen LogP contribution in [0.3, 0.4) is 0 Å². The molecule has 2 N–H and O–H groups in total. The number of rotatable bonds is 8. The van der Waals surface area contributed by atoms with Gasteiger partial charge in [-0.15, -0.1) is 0 Å². The van der Waals surface area contributed by atoms with Gasteiger partial charge >= 0.3 is 0 Å². The molecule has 0 saturated heterocycles. The molecule has 0 bridgehead atoms. The van der Waals surface area contributed by atoms with Gasteiger partial charge in [-0.05, 0) is 36.8 Å². The quantitative estimate of drug-likeness (QED) is 0.566. The number of anilines is 1. The number of carbonyl (C=O) groups excluding carboxylic acids is 1. The number of amides is 1. The molecule has 0 saturated carbocycles. The second-order valence-electron chi connectivity index (χ2n) is 6.95. The van der Waals surface area contributed by atoms with E-state index in [-0.39, 0.29) is 18.4 Å². The van der Waals surface area contributed by atoms with Gasteiger partial charge in [0, 0.05) is 5.56 Å². The number of para-hydroxylation sites is 3.